The monoisotopic (exact) mass is 332 g/mol. The van der Waals surface area contributed by atoms with Crippen molar-refractivity contribution in [3.8, 4) is 11.1 Å². The molecule has 1 aromatic carbocycles. The Bertz CT molecular complexity index is 828. The Balaban J connectivity index is 2.09. The van der Waals surface area contributed by atoms with Crippen molar-refractivity contribution in [2.45, 2.75) is 32.8 Å². The Kier molecular flexibility index (Phi) is 3.78. The summed E-state index contributed by atoms with van der Waals surface area (Å²) in [5, 5.41) is 0. The molecule has 6 heteroatoms. The second kappa shape index (κ2) is 5.54. The number of hydrogen-bond donors (Lipinski definition) is 0. The highest BCUT2D eigenvalue weighted by molar-refractivity contribution is 5.92. The summed E-state index contributed by atoms with van der Waals surface area (Å²) in [4.78, 5) is 17.7. The fourth-order valence-electron chi connectivity index (χ4n) is 2.81. The number of nitrogens with zero attached hydrogens (tertiary/aromatic N) is 2. The highest BCUT2D eigenvalue weighted by Crippen LogP contribution is 2.43. The van der Waals surface area contributed by atoms with Gasteiger partial charge in [0, 0.05) is 36.9 Å². The van der Waals surface area contributed by atoms with Crippen LogP contribution in [0.2, 0.25) is 0 Å². The maximum absolute atomic E-state index is 14.4. The van der Waals surface area contributed by atoms with Gasteiger partial charge in [-0.25, -0.2) is 13.6 Å². The van der Waals surface area contributed by atoms with Gasteiger partial charge in [-0.15, -0.1) is 0 Å². The molecule has 2 aromatic rings. The van der Waals surface area contributed by atoms with E-state index < -0.39 is 23.3 Å². The molecule has 1 aromatic heterocycles. The first-order chi connectivity index (χ1) is 11.2. The molecule has 1 amide bonds. The van der Waals surface area contributed by atoms with Crippen molar-refractivity contribution in [3.63, 3.8) is 0 Å². The van der Waals surface area contributed by atoms with Crippen LogP contribution in [0.5, 0.6) is 0 Å². The topological polar surface area (TPSA) is 42.4 Å². The summed E-state index contributed by atoms with van der Waals surface area (Å²) in [5.74, 6) is -1.92. The zero-order chi connectivity index (χ0) is 17.6. The summed E-state index contributed by atoms with van der Waals surface area (Å²) in [6.45, 7) is 5.23. The quantitative estimate of drug-likeness (QED) is 0.667. The van der Waals surface area contributed by atoms with Gasteiger partial charge in [0.1, 0.15) is 5.60 Å². The molecule has 0 saturated carbocycles. The third-order valence-electron chi connectivity index (χ3n) is 3.84. The molecule has 0 fully saturated rings. The molecule has 0 atom stereocenters. The van der Waals surface area contributed by atoms with Gasteiger partial charge >= 0.3 is 6.09 Å². The number of anilines is 1. The van der Waals surface area contributed by atoms with E-state index in [1.165, 1.54) is 11.9 Å². The number of carbonyl (C=O) groups is 1. The fraction of sp³-hybridized carbons (Fsp3) is 0.333. The standard InChI is InChI=1S/C18H18F2N2O2/c1-18(2,3)24-17(23)22(4)14-9-12(19)16(20)15-10-6-5-7-21-13(10)8-11(14)15/h5-7,9H,8H2,1-4H3. The average Bonchev–Trinajstić information content (AvgIpc) is 2.88. The van der Waals surface area contributed by atoms with Crippen LogP contribution in [0.1, 0.15) is 32.0 Å². The number of rotatable bonds is 1. The minimum absolute atomic E-state index is 0.170. The lowest BCUT2D eigenvalue weighted by atomic mass is 10.0. The molecule has 0 bridgehead atoms. The number of hydrogen-bond acceptors (Lipinski definition) is 3. The maximum atomic E-state index is 14.4. The Morgan fingerprint density at radius 1 is 1.33 bits per heavy atom. The van der Waals surface area contributed by atoms with Crippen molar-refractivity contribution in [2.24, 2.45) is 0 Å². The van der Waals surface area contributed by atoms with Gasteiger partial charge in [-0.05, 0) is 32.4 Å². The second-order valence-corrected chi connectivity index (χ2v) is 6.76. The number of halogens is 2. The molecular formula is C18H18F2N2O2. The largest absolute Gasteiger partial charge is 0.443 e. The van der Waals surface area contributed by atoms with Gasteiger partial charge in [0.2, 0.25) is 0 Å². The third kappa shape index (κ3) is 2.72. The molecule has 1 heterocycles. The van der Waals surface area contributed by atoms with Crippen molar-refractivity contribution in [1.82, 2.24) is 4.98 Å². The lowest BCUT2D eigenvalue weighted by Crippen LogP contribution is -2.34. The van der Waals surface area contributed by atoms with Crippen LogP contribution in [0.3, 0.4) is 0 Å². The number of aromatic nitrogens is 1. The van der Waals surface area contributed by atoms with Crippen LogP contribution in [0.4, 0.5) is 19.3 Å². The van der Waals surface area contributed by atoms with Gasteiger partial charge in [-0.2, -0.15) is 0 Å². The van der Waals surface area contributed by atoms with Gasteiger partial charge in [0.25, 0.3) is 0 Å². The van der Waals surface area contributed by atoms with E-state index in [4.69, 9.17) is 4.74 Å². The lowest BCUT2D eigenvalue weighted by Gasteiger charge is -2.26. The molecule has 3 rings (SSSR count). The number of pyridine rings is 1. The van der Waals surface area contributed by atoms with E-state index >= 15 is 0 Å². The van der Waals surface area contributed by atoms with Gasteiger partial charge in [-0.1, -0.05) is 6.07 Å². The molecule has 0 unspecified atom stereocenters. The van der Waals surface area contributed by atoms with Gasteiger partial charge < -0.3 is 4.74 Å². The predicted molar refractivity (Wildman–Crippen MR) is 87.0 cm³/mol. The van der Waals surface area contributed by atoms with Crippen LogP contribution in [0.25, 0.3) is 11.1 Å². The molecule has 1 aliphatic rings. The third-order valence-corrected chi connectivity index (χ3v) is 3.84. The average molecular weight is 332 g/mol. The van der Waals surface area contributed by atoms with Crippen LogP contribution in [-0.4, -0.2) is 23.7 Å². The Morgan fingerprint density at radius 2 is 2.04 bits per heavy atom. The summed E-state index contributed by atoms with van der Waals surface area (Å²) < 4.78 is 33.8. The maximum Gasteiger partial charge on any atom is 0.414 e. The molecule has 0 spiro atoms. The molecule has 126 valence electrons. The number of ether oxygens (including phenoxy) is 1. The number of fused-ring (bicyclic) bond motifs is 3. The van der Waals surface area contributed by atoms with Crippen molar-refractivity contribution in [1.29, 1.82) is 0 Å². The van der Waals surface area contributed by atoms with E-state index in [1.54, 1.807) is 39.1 Å². The molecule has 24 heavy (non-hydrogen) atoms. The highest BCUT2D eigenvalue weighted by atomic mass is 19.2. The Labute approximate surface area is 139 Å². The molecule has 0 saturated heterocycles. The van der Waals surface area contributed by atoms with E-state index in [2.05, 4.69) is 4.98 Å². The first-order valence-electron chi connectivity index (χ1n) is 7.61. The van der Waals surface area contributed by atoms with Crippen LogP contribution in [0, 0.1) is 11.6 Å². The van der Waals surface area contributed by atoms with Crippen LogP contribution >= 0.6 is 0 Å². The first-order valence-corrected chi connectivity index (χ1v) is 7.61. The Morgan fingerprint density at radius 3 is 2.71 bits per heavy atom. The number of benzene rings is 1. The molecule has 1 aliphatic carbocycles. The zero-order valence-electron chi connectivity index (χ0n) is 14.0. The molecule has 4 nitrogen and oxygen atoms in total. The van der Waals surface area contributed by atoms with Crippen molar-refractivity contribution < 1.29 is 18.3 Å². The van der Waals surface area contributed by atoms with E-state index in [0.29, 0.717) is 23.2 Å². The minimum Gasteiger partial charge on any atom is -0.443 e. The SMILES string of the molecule is CN(C(=O)OC(C)(C)C)c1cc(F)c(F)c2c1Cc1ncccc1-2. The zero-order valence-corrected chi connectivity index (χ0v) is 14.0. The minimum atomic E-state index is -1.00. The normalized spacial score (nSPS) is 12.6. The number of amides is 1. The van der Waals surface area contributed by atoms with Crippen LogP contribution < -0.4 is 4.90 Å². The van der Waals surface area contributed by atoms with E-state index in [0.717, 1.165) is 6.07 Å². The predicted octanol–water partition coefficient (Wildman–Crippen LogP) is 4.30. The van der Waals surface area contributed by atoms with Crippen molar-refractivity contribution >= 4 is 11.8 Å². The number of carbonyl (C=O) groups excluding carboxylic acids is 1. The van der Waals surface area contributed by atoms with Gasteiger partial charge in [-0.3, -0.25) is 9.88 Å². The van der Waals surface area contributed by atoms with E-state index in [-0.39, 0.29) is 11.3 Å². The molecule has 0 radical (unpaired) electrons. The molecule has 0 aliphatic heterocycles. The summed E-state index contributed by atoms with van der Waals surface area (Å²) >= 11 is 0. The van der Waals surface area contributed by atoms with Crippen LogP contribution in [0.15, 0.2) is 24.4 Å². The first kappa shape index (κ1) is 16.4. The van der Waals surface area contributed by atoms with E-state index in [1.807, 2.05) is 0 Å². The smallest absolute Gasteiger partial charge is 0.414 e. The molecular weight excluding hydrogens is 314 g/mol. The van der Waals surface area contributed by atoms with Crippen molar-refractivity contribution in [3.05, 3.63) is 47.3 Å². The van der Waals surface area contributed by atoms with Gasteiger partial charge in [0.05, 0.1) is 11.4 Å². The summed E-state index contributed by atoms with van der Waals surface area (Å²) in [6.07, 6.45) is 1.32. The fourth-order valence-corrected chi connectivity index (χ4v) is 2.81. The highest BCUT2D eigenvalue weighted by Gasteiger charge is 2.31. The van der Waals surface area contributed by atoms with Crippen LogP contribution in [-0.2, 0) is 11.2 Å². The van der Waals surface area contributed by atoms with E-state index in [9.17, 15) is 13.6 Å². The summed E-state index contributed by atoms with van der Waals surface area (Å²) in [5.41, 5.74) is 1.53. The Hall–Kier alpha value is -2.50. The summed E-state index contributed by atoms with van der Waals surface area (Å²) in [7, 11) is 1.48. The lowest BCUT2D eigenvalue weighted by molar-refractivity contribution is 0.0589. The van der Waals surface area contributed by atoms with Gasteiger partial charge in [0.15, 0.2) is 11.6 Å². The van der Waals surface area contributed by atoms with Crippen molar-refractivity contribution in [2.75, 3.05) is 11.9 Å². The summed E-state index contributed by atoms with van der Waals surface area (Å²) in [6, 6.07) is 4.41. The second-order valence-electron chi connectivity index (χ2n) is 6.76. The molecule has 0 N–H and O–H groups in total.